The van der Waals surface area contributed by atoms with E-state index in [1.165, 1.54) is 5.56 Å². The number of hydrogen-bond donors (Lipinski definition) is 1. The van der Waals surface area contributed by atoms with Crippen LogP contribution in [0.4, 0.5) is 0 Å². The largest absolute Gasteiger partial charge is 0.310 e. The van der Waals surface area contributed by atoms with Crippen molar-refractivity contribution in [3.63, 3.8) is 0 Å². The van der Waals surface area contributed by atoms with Crippen molar-refractivity contribution in [2.24, 2.45) is 0 Å². The van der Waals surface area contributed by atoms with E-state index in [1.54, 1.807) is 10.9 Å². The molecule has 1 atom stereocenters. The summed E-state index contributed by atoms with van der Waals surface area (Å²) in [5.74, 6) is 0. The van der Waals surface area contributed by atoms with Gasteiger partial charge in [0, 0.05) is 30.5 Å². The van der Waals surface area contributed by atoms with Crippen LogP contribution in [-0.2, 0) is 6.54 Å². The van der Waals surface area contributed by atoms with Gasteiger partial charge in [-0.1, -0.05) is 13.5 Å². The molecule has 1 rings (SSSR count). The third-order valence-corrected chi connectivity index (χ3v) is 2.11. The first-order chi connectivity index (χ1) is 6.26. The van der Waals surface area contributed by atoms with Crippen LogP contribution in [0.2, 0.25) is 0 Å². The average Bonchev–Trinajstić information content (AvgIpc) is 2.61. The lowest BCUT2D eigenvalue weighted by Gasteiger charge is -2.08. The predicted molar refractivity (Wildman–Crippen MR) is 55.2 cm³/mol. The van der Waals surface area contributed by atoms with Crippen molar-refractivity contribution in [3.8, 4) is 0 Å². The quantitative estimate of drug-likeness (QED) is 0.747. The van der Waals surface area contributed by atoms with Crippen LogP contribution >= 0.6 is 0 Å². The zero-order chi connectivity index (χ0) is 9.68. The Balaban J connectivity index is 2.40. The molecule has 0 spiro atoms. The summed E-state index contributed by atoms with van der Waals surface area (Å²) >= 11 is 0. The van der Waals surface area contributed by atoms with E-state index in [0.29, 0.717) is 6.04 Å². The summed E-state index contributed by atoms with van der Waals surface area (Å²) in [6.07, 6.45) is 6.67. The second-order valence-corrected chi connectivity index (χ2v) is 3.20. The number of nitrogens with zero attached hydrogens (tertiary/aromatic N) is 2. The average molecular weight is 179 g/mol. The van der Waals surface area contributed by atoms with Gasteiger partial charge < -0.3 is 5.32 Å². The maximum Gasteiger partial charge on any atom is 0.0538 e. The molecule has 0 amide bonds. The monoisotopic (exact) mass is 179 g/mol. The van der Waals surface area contributed by atoms with E-state index in [1.807, 2.05) is 12.4 Å². The standard InChI is InChI=1S/C10H17N3/c1-4-9(3)11-6-10-7-12-13(5-2)8-10/h5,7-9,11H,2,4,6H2,1,3H3. The van der Waals surface area contributed by atoms with Crippen LogP contribution in [-0.4, -0.2) is 15.8 Å². The van der Waals surface area contributed by atoms with Crippen LogP contribution in [0.1, 0.15) is 25.8 Å². The number of aromatic nitrogens is 2. The maximum atomic E-state index is 4.10. The van der Waals surface area contributed by atoms with Gasteiger partial charge in [0.15, 0.2) is 0 Å². The summed E-state index contributed by atoms with van der Waals surface area (Å²) in [5, 5.41) is 7.50. The van der Waals surface area contributed by atoms with Crippen molar-refractivity contribution in [2.75, 3.05) is 0 Å². The Morgan fingerprint density at radius 2 is 2.54 bits per heavy atom. The summed E-state index contributed by atoms with van der Waals surface area (Å²) in [4.78, 5) is 0. The SMILES string of the molecule is C=Cn1cc(CNC(C)CC)cn1. The van der Waals surface area contributed by atoms with Gasteiger partial charge in [0.2, 0.25) is 0 Å². The van der Waals surface area contributed by atoms with Crippen LogP contribution < -0.4 is 5.32 Å². The second-order valence-electron chi connectivity index (χ2n) is 3.20. The summed E-state index contributed by atoms with van der Waals surface area (Å²) in [7, 11) is 0. The van der Waals surface area contributed by atoms with Gasteiger partial charge in [-0.2, -0.15) is 5.10 Å². The van der Waals surface area contributed by atoms with E-state index in [0.717, 1.165) is 13.0 Å². The Hall–Kier alpha value is -1.09. The van der Waals surface area contributed by atoms with E-state index >= 15 is 0 Å². The molecule has 0 bridgehead atoms. The zero-order valence-electron chi connectivity index (χ0n) is 8.33. The molecule has 0 fully saturated rings. The highest BCUT2D eigenvalue weighted by atomic mass is 15.2. The van der Waals surface area contributed by atoms with Crippen molar-refractivity contribution in [1.29, 1.82) is 0 Å². The normalized spacial score (nSPS) is 12.8. The molecule has 0 aliphatic heterocycles. The van der Waals surface area contributed by atoms with Crippen LogP contribution in [0.25, 0.3) is 6.20 Å². The second kappa shape index (κ2) is 4.82. The fraction of sp³-hybridized carbons (Fsp3) is 0.500. The van der Waals surface area contributed by atoms with E-state index in [2.05, 4.69) is 30.8 Å². The van der Waals surface area contributed by atoms with E-state index < -0.39 is 0 Å². The summed E-state index contributed by atoms with van der Waals surface area (Å²) in [5.41, 5.74) is 1.19. The van der Waals surface area contributed by atoms with E-state index in [9.17, 15) is 0 Å². The molecule has 1 aromatic rings. The molecule has 0 radical (unpaired) electrons. The maximum absolute atomic E-state index is 4.10. The molecule has 72 valence electrons. The Labute approximate surface area is 79.5 Å². The Bertz CT molecular complexity index is 265. The lowest BCUT2D eigenvalue weighted by Crippen LogP contribution is -2.24. The highest BCUT2D eigenvalue weighted by Gasteiger charge is 1.99. The molecule has 1 unspecified atom stereocenters. The summed E-state index contributed by atoms with van der Waals surface area (Å²) in [6.45, 7) is 8.86. The highest BCUT2D eigenvalue weighted by molar-refractivity contribution is 5.17. The molecule has 1 aromatic heterocycles. The Morgan fingerprint density at radius 1 is 1.77 bits per heavy atom. The number of hydrogen-bond acceptors (Lipinski definition) is 2. The van der Waals surface area contributed by atoms with Crippen LogP contribution in [0, 0.1) is 0 Å². The Morgan fingerprint density at radius 3 is 3.08 bits per heavy atom. The molecular weight excluding hydrogens is 162 g/mol. The molecule has 13 heavy (non-hydrogen) atoms. The van der Waals surface area contributed by atoms with Gasteiger partial charge >= 0.3 is 0 Å². The molecule has 1 heterocycles. The van der Waals surface area contributed by atoms with Gasteiger partial charge in [0.1, 0.15) is 0 Å². The fourth-order valence-corrected chi connectivity index (χ4v) is 1.00. The van der Waals surface area contributed by atoms with Crippen molar-refractivity contribution in [1.82, 2.24) is 15.1 Å². The zero-order valence-corrected chi connectivity index (χ0v) is 8.33. The highest BCUT2D eigenvalue weighted by Crippen LogP contribution is 1.98. The van der Waals surface area contributed by atoms with Crippen molar-refractivity contribution in [2.45, 2.75) is 32.9 Å². The molecule has 1 N–H and O–H groups in total. The number of nitrogens with one attached hydrogen (secondary N) is 1. The molecule has 3 heteroatoms. The molecule has 0 aliphatic rings. The topological polar surface area (TPSA) is 29.9 Å². The van der Waals surface area contributed by atoms with Gasteiger partial charge in [-0.05, 0) is 13.3 Å². The third-order valence-electron chi connectivity index (χ3n) is 2.11. The first-order valence-corrected chi connectivity index (χ1v) is 4.65. The van der Waals surface area contributed by atoms with Gasteiger partial charge in [-0.15, -0.1) is 0 Å². The van der Waals surface area contributed by atoms with Gasteiger partial charge in [0.25, 0.3) is 0 Å². The van der Waals surface area contributed by atoms with Gasteiger partial charge in [-0.25, -0.2) is 4.68 Å². The molecule has 0 saturated heterocycles. The third kappa shape index (κ3) is 3.03. The smallest absolute Gasteiger partial charge is 0.0538 e. The molecule has 3 nitrogen and oxygen atoms in total. The summed E-state index contributed by atoms with van der Waals surface area (Å²) < 4.78 is 1.72. The van der Waals surface area contributed by atoms with Crippen molar-refractivity contribution >= 4 is 6.20 Å². The molecule has 0 saturated carbocycles. The van der Waals surface area contributed by atoms with Crippen LogP contribution in [0.15, 0.2) is 19.0 Å². The van der Waals surface area contributed by atoms with Crippen LogP contribution in [0.3, 0.4) is 0 Å². The minimum atomic E-state index is 0.562. The van der Waals surface area contributed by atoms with Gasteiger partial charge in [0.05, 0.1) is 6.20 Å². The lowest BCUT2D eigenvalue weighted by molar-refractivity contribution is 0.534. The summed E-state index contributed by atoms with van der Waals surface area (Å²) in [6, 6.07) is 0.562. The first kappa shape index (κ1) is 9.99. The fourth-order valence-electron chi connectivity index (χ4n) is 1.00. The van der Waals surface area contributed by atoms with Crippen LogP contribution in [0.5, 0.6) is 0 Å². The van der Waals surface area contributed by atoms with Crippen molar-refractivity contribution in [3.05, 3.63) is 24.5 Å². The number of rotatable bonds is 5. The lowest BCUT2D eigenvalue weighted by atomic mass is 10.2. The van der Waals surface area contributed by atoms with Crippen molar-refractivity contribution < 1.29 is 0 Å². The first-order valence-electron chi connectivity index (χ1n) is 4.65. The van der Waals surface area contributed by atoms with E-state index in [-0.39, 0.29) is 0 Å². The molecule has 0 aromatic carbocycles. The molecule has 0 aliphatic carbocycles. The minimum absolute atomic E-state index is 0.562. The minimum Gasteiger partial charge on any atom is -0.310 e. The molecular formula is C10H17N3. The van der Waals surface area contributed by atoms with Gasteiger partial charge in [-0.3, -0.25) is 0 Å². The predicted octanol–water partition coefficient (Wildman–Crippen LogP) is 1.87. The van der Waals surface area contributed by atoms with E-state index in [4.69, 9.17) is 0 Å². The Kier molecular flexibility index (Phi) is 3.71.